The average molecular weight is 609 g/mol. The second-order valence-electron chi connectivity index (χ2n) is 13.1. The molecule has 10 aromatic rings. The van der Waals surface area contributed by atoms with E-state index in [0.717, 1.165) is 16.9 Å². The Morgan fingerprint density at radius 1 is 0.458 bits per heavy atom. The number of hydrogen-bond donors (Lipinski definition) is 0. The van der Waals surface area contributed by atoms with Crippen LogP contribution in [0.4, 0.5) is 0 Å². The van der Waals surface area contributed by atoms with Crippen LogP contribution in [0.15, 0.2) is 152 Å². The molecule has 0 saturated carbocycles. The van der Waals surface area contributed by atoms with Gasteiger partial charge in [0.05, 0.1) is 38.8 Å². The highest BCUT2D eigenvalue weighted by atomic mass is 15.1. The van der Waals surface area contributed by atoms with E-state index in [1.165, 1.54) is 82.6 Å². The Balaban J connectivity index is 1.28. The summed E-state index contributed by atoms with van der Waals surface area (Å²) in [5, 5.41) is 5.09. The van der Waals surface area contributed by atoms with Crippen molar-refractivity contribution >= 4 is 72.4 Å². The second kappa shape index (κ2) is 8.72. The number of para-hydroxylation sites is 4. The standard InChI is InChI=1S/C43H25BN4/c1-2-12-26(13-3-1)43-45-33-19-10-18-30-29-17-11-23-38-40(29)44(48(43)41(30)33)32-24-25-37(39-31-16-6-9-22-36(31)47(38)42(32)39)46-34-20-7-4-14-27(34)28-15-5-8-21-35(28)46/h1-25H. The first-order valence-electron chi connectivity index (χ1n) is 16.6. The predicted molar refractivity (Wildman–Crippen MR) is 200 cm³/mol. The van der Waals surface area contributed by atoms with Gasteiger partial charge < -0.3 is 13.6 Å². The van der Waals surface area contributed by atoms with Gasteiger partial charge in [0.15, 0.2) is 0 Å². The molecule has 2 aliphatic rings. The Labute approximate surface area is 275 Å². The Kier molecular flexibility index (Phi) is 4.52. The maximum Gasteiger partial charge on any atom is 0.334 e. The highest BCUT2D eigenvalue weighted by molar-refractivity contribution is 6.89. The fourth-order valence-electron chi connectivity index (χ4n) is 9.04. The first-order valence-corrected chi connectivity index (χ1v) is 16.6. The normalized spacial score (nSPS) is 13.0. The maximum atomic E-state index is 5.33. The lowest BCUT2D eigenvalue weighted by atomic mass is 9.45. The lowest BCUT2D eigenvalue weighted by Gasteiger charge is -2.34. The molecule has 4 nitrogen and oxygen atoms in total. The lowest BCUT2D eigenvalue weighted by molar-refractivity contribution is 1.15. The molecule has 0 radical (unpaired) electrons. The summed E-state index contributed by atoms with van der Waals surface area (Å²) < 4.78 is 7.55. The van der Waals surface area contributed by atoms with Crippen LogP contribution in [0.2, 0.25) is 0 Å². The van der Waals surface area contributed by atoms with Gasteiger partial charge in [-0.05, 0) is 52.9 Å². The van der Waals surface area contributed by atoms with Crippen molar-refractivity contribution in [1.82, 2.24) is 18.6 Å². The van der Waals surface area contributed by atoms with Crippen molar-refractivity contribution in [3.8, 4) is 33.9 Å². The Bertz CT molecular complexity index is 2960. The molecule has 48 heavy (non-hydrogen) atoms. The summed E-state index contributed by atoms with van der Waals surface area (Å²) in [6.45, 7) is -0.0298. The summed E-state index contributed by atoms with van der Waals surface area (Å²) in [4.78, 5) is 5.33. The maximum absolute atomic E-state index is 5.33. The molecule has 3 aromatic heterocycles. The van der Waals surface area contributed by atoms with Crippen molar-refractivity contribution in [3.63, 3.8) is 0 Å². The van der Waals surface area contributed by atoms with Crippen LogP contribution in [0.25, 0.3) is 88.5 Å². The molecule has 0 amide bonds. The van der Waals surface area contributed by atoms with Crippen LogP contribution in [-0.2, 0) is 0 Å². The Hall–Kier alpha value is -6.33. The molecule has 0 unspecified atom stereocenters. The van der Waals surface area contributed by atoms with Crippen LogP contribution in [0.5, 0.6) is 0 Å². The summed E-state index contributed by atoms with van der Waals surface area (Å²) in [7, 11) is 0. The van der Waals surface area contributed by atoms with E-state index in [0.29, 0.717) is 0 Å². The minimum absolute atomic E-state index is 0.0298. The fraction of sp³-hybridized carbons (Fsp3) is 0. The van der Waals surface area contributed by atoms with Gasteiger partial charge in [-0.2, -0.15) is 0 Å². The summed E-state index contributed by atoms with van der Waals surface area (Å²) in [5.41, 5.74) is 15.9. The second-order valence-corrected chi connectivity index (χ2v) is 13.1. The molecule has 12 rings (SSSR count). The topological polar surface area (TPSA) is 27.7 Å². The smallest absolute Gasteiger partial charge is 0.334 e. The molecule has 0 N–H and O–H groups in total. The number of benzene rings is 7. The largest absolute Gasteiger partial charge is 0.359 e. The number of aromatic nitrogens is 4. The molecule has 5 heterocycles. The molecule has 5 heteroatoms. The van der Waals surface area contributed by atoms with Crippen molar-refractivity contribution in [2.45, 2.75) is 0 Å². The molecule has 220 valence electrons. The zero-order valence-corrected chi connectivity index (χ0v) is 25.8. The summed E-state index contributed by atoms with van der Waals surface area (Å²) in [6, 6.07) is 55.5. The van der Waals surface area contributed by atoms with Crippen LogP contribution in [-0.4, -0.2) is 25.4 Å². The third-order valence-electron chi connectivity index (χ3n) is 10.8. The molecule has 0 spiro atoms. The SMILES string of the molecule is c1ccc(-c2nc3cccc4c3n2B2c3c-4cccc3-n3c4ccccc4c4c(-n5c6ccccc6c6ccccc65)ccc2c43)cc1. The highest BCUT2D eigenvalue weighted by Crippen LogP contribution is 2.44. The summed E-state index contributed by atoms with van der Waals surface area (Å²) in [6.07, 6.45) is 0. The van der Waals surface area contributed by atoms with E-state index in [-0.39, 0.29) is 6.85 Å². The zero-order valence-electron chi connectivity index (χ0n) is 25.8. The van der Waals surface area contributed by atoms with Crippen molar-refractivity contribution < 1.29 is 0 Å². The van der Waals surface area contributed by atoms with Crippen LogP contribution in [0.1, 0.15) is 0 Å². The van der Waals surface area contributed by atoms with Gasteiger partial charge in [0.2, 0.25) is 0 Å². The van der Waals surface area contributed by atoms with Gasteiger partial charge in [0.25, 0.3) is 0 Å². The number of nitrogens with zero attached hydrogens (tertiary/aromatic N) is 4. The average Bonchev–Trinajstić information content (AvgIpc) is 3.82. The van der Waals surface area contributed by atoms with Crippen molar-refractivity contribution in [3.05, 3.63) is 152 Å². The van der Waals surface area contributed by atoms with E-state index < -0.39 is 0 Å². The quantitative estimate of drug-likeness (QED) is 0.180. The van der Waals surface area contributed by atoms with E-state index in [4.69, 9.17) is 4.98 Å². The molecule has 7 aromatic carbocycles. The predicted octanol–water partition coefficient (Wildman–Crippen LogP) is 8.85. The Morgan fingerprint density at radius 2 is 1.10 bits per heavy atom. The molecule has 0 atom stereocenters. The van der Waals surface area contributed by atoms with Crippen LogP contribution in [0.3, 0.4) is 0 Å². The zero-order chi connectivity index (χ0) is 31.1. The minimum atomic E-state index is -0.0298. The molecular formula is C43H25BN4. The van der Waals surface area contributed by atoms with Crippen LogP contribution >= 0.6 is 0 Å². The monoisotopic (exact) mass is 608 g/mol. The highest BCUT2D eigenvalue weighted by Gasteiger charge is 2.42. The van der Waals surface area contributed by atoms with Crippen molar-refractivity contribution in [2.24, 2.45) is 0 Å². The Morgan fingerprint density at radius 3 is 1.88 bits per heavy atom. The minimum Gasteiger partial charge on any atom is -0.359 e. The van der Waals surface area contributed by atoms with Gasteiger partial charge in [-0.1, -0.05) is 115 Å². The third-order valence-corrected chi connectivity index (χ3v) is 10.8. The van der Waals surface area contributed by atoms with E-state index in [1.807, 2.05) is 0 Å². The summed E-state index contributed by atoms with van der Waals surface area (Å²) in [5.74, 6) is 1.01. The van der Waals surface area contributed by atoms with Gasteiger partial charge in [0, 0.05) is 38.4 Å². The molecule has 2 aliphatic heterocycles. The fourth-order valence-corrected chi connectivity index (χ4v) is 9.04. The van der Waals surface area contributed by atoms with E-state index in [9.17, 15) is 0 Å². The van der Waals surface area contributed by atoms with E-state index >= 15 is 0 Å². The van der Waals surface area contributed by atoms with Crippen LogP contribution < -0.4 is 10.9 Å². The number of imidazole rings is 1. The number of rotatable bonds is 2. The number of fused-ring (bicyclic) bond motifs is 10. The number of hydrogen-bond acceptors (Lipinski definition) is 1. The van der Waals surface area contributed by atoms with Gasteiger partial charge >= 0.3 is 6.85 Å². The van der Waals surface area contributed by atoms with E-state index in [1.54, 1.807) is 0 Å². The van der Waals surface area contributed by atoms with Gasteiger partial charge in [-0.25, -0.2) is 4.98 Å². The lowest BCUT2D eigenvalue weighted by Crippen LogP contribution is -2.55. The molecule has 0 bridgehead atoms. The van der Waals surface area contributed by atoms with Crippen LogP contribution in [0, 0.1) is 0 Å². The van der Waals surface area contributed by atoms with Crippen molar-refractivity contribution in [1.29, 1.82) is 0 Å². The molecule has 0 saturated heterocycles. The van der Waals surface area contributed by atoms with Gasteiger partial charge in [-0.15, -0.1) is 0 Å². The third kappa shape index (κ3) is 2.87. The molecular weight excluding hydrogens is 583 g/mol. The van der Waals surface area contributed by atoms with Crippen molar-refractivity contribution in [2.75, 3.05) is 0 Å². The molecule has 0 fully saturated rings. The van der Waals surface area contributed by atoms with E-state index in [2.05, 4.69) is 165 Å². The van der Waals surface area contributed by atoms with Gasteiger partial charge in [0.1, 0.15) is 5.82 Å². The summed E-state index contributed by atoms with van der Waals surface area (Å²) >= 11 is 0. The first-order chi connectivity index (χ1) is 23.9. The van der Waals surface area contributed by atoms with Gasteiger partial charge in [-0.3, -0.25) is 0 Å². The first kappa shape index (κ1) is 24.8. The molecule has 0 aliphatic carbocycles.